The van der Waals surface area contributed by atoms with Gasteiger partial charge in [-0.3, -0.25) is 14.4 Å². The lowest BCUT2D eigenvalue weighted by Gasteiger charge is -2.33. The summed E-state index contributed by atoms with van der Waals surface area (Å²) < 4.78 is 7.60. The number of hydrogen-bond acceptors (Lipinski definition) is 4. The van der Waals surface area contributed by atoms with Crippen LogP contribution in [0.3, 0.4) is 0 Å². The summed E-state index contributed by atoms with van der Waals surface area (Å²) in [5, 5.41) is 7.58. The van der Waals surface area contributed by atoms with E-state index in [1.165, 1.54) is 12.1 Å². The van der Waals surface area contributed by atoms with Crippen LogP contribution in [0.4, 0.5) is 0 Å². The van der Waals surface area contributed by atoms with Crippen LogP contribution in [0.15, 0.2) is 35.1 Å². The monoisotopic (exact) mass is 328 g/mol. The molecule has 1 aliphatic heterocycles. The summed E-state index contributed by atoms with van der Waals surface area (Å²) in [4.78, 5) is 14.4. The minimum Gasteiger partial charge on any atom is -0.468 e. The van der Waals surface area contributed by atoms with Gasteiger partial charge in [0.2, 0.25) is 5.91 Å². The van der Waals surface area contributed by atoms with E-state index in [1.54, 1.807) is 6.26 Å². The lowest BCUT2D eigenvalue weighted by atomic mass is 9.85. The van der Waals surface area contributed by atoms with Gasteiger partial charge in [-0.2, -0.15) is 5.10 Å². The van der Waals surface area contributed by atoms with Crippen LogP contribution in [0, 0.1) is 5.92 Å². The van der Waals surface area contributed by atoms with Crippen molar-refractivity contribution < 1.29 is 9.21 Å². The molecule has 24 heavy (non-hydrogen) atoms. The molecule has 2 aromatic rings. The molecule has 0 spiro atoms. The fourth-order valence-electron chi connectivity index (χ4n) is 3.60. The van der Waals surface area contributed by atoms with Crippen molar-refractivity contribution in [3.8, 4) is 0 Å². The van der Waals surface area contributed by atoms with Crippen LogP contribution in [-0.4, -0.2) is 33.7 Å². The Hall–Kier alpha value is -2.08. The first-order chi connectivity index (χ1) is 11.8. The van der Waals surface area contributed by atoms with Crippen LogP contribution in [0.25, 0.3) is 0 Å². The number of carbonyl (C=O) groups is 1. The molecule has 1 amide bonds. The van der Waals surface area contributed by atoms with Crippen LogP contribution < -0.4 is 5.32 Å². The van der Waals surface area contributed by atoms with E-state index in [0.717, 1.165) is 44.7 Å². The zero-order chi connectivity index (χ0) is 16.4. The van der Waals surface area contributed by atoms with E-state index < -0.39 is 0 Å². The Morgan fingerprint density at radius 3 is 3.04 bits per heavy atom. The average Bonchev–Trinajstić information content (AvgIpc) is 3.16. The molecular weight excluding hydrogens is 304 g/mol. The van der Waals surface area contributed by atoms with Gasteiger partial charge in [-0.1, -0.05) is 6.42 Å². The Morgan fingerprint density at radius 2 is 2.29 bits per heavy atom. The number of rotatable bonds is 6. The van der Waals surface area contributed by atoms with Gasteiger partial charge in [0.1, 0.15) is 5.76 Å². The minimum absolute atomic E-state index is 0.227. The molecule has 2 aromatic heterocycles. The second kappa shape index (κ2) is 6.81. The SMILES string of the molecule is O=C(NCCC1CN(Cc2ccco2)Cc2ccnn21)C1CCC1. The Labute approximate surface area is 141 Å². The second-order valence-electron chi connectivity index (χ2n) is 6.88. The summed E-state index contributed by atoms with van der Waals surface area (Å²) in [5.74, 6) is 1.47. The Morgan fingerprint density at radius 1 is 1.38 bits per heavy atom. The molecule has 4 rings (SSSR count). The van der Waals surface area contributed by atoms with Crippen molar-refractivity contribution in [3.05, 3.63) is 42.1 Å². The summed E-state index contributed by atoms with van der Waals surface area (Å²) in [6.07, 6.45) is 7.79. The van der Waals surface area contributed by atoms with Gasteiger partial charge in [-0.05, 0) is 37.5 Å². The summed E-state index contributed by atoms with van der Waals surface area (Å²) in [5.41, 5.74) is 1.23. The summed E-state index contributed by atoms with van der Waals surface area (Å²) >= 11 is 0. The van der Waals surface area contributed by atoms with Gasteiger partial charge in [-0.25, -0.2) is 0 Å². The first-order valence-electron chi connectivity index (χ1n) is 8.84. The topological polar surface area (TPSA) is 63.3 Å². The molecule has 1 fully saturated rings. The van der Waals surface area contributed by atoms with Crippen molar-refractivity contribution in [1.82, 2.24) is 20.0 Å². The number of hydrogen-bond donors (Lipinski definition) is 1. The zero-order valence-corrected chi connectivity index (χ0v) is 13.9. The van der Waals surface area contributed by atoms with Crippen molar-refractivity contribution in [2.75, 3.05) is 13.1 Å². The molecule has 0 radical (unpaired) electrons. The van der Waals surface area contributed by atoms with E-state index in [2.05, 4.69) is 26.1 Å². The third kappa shape index (κ3) is 3.24. The van der Waals surface area contributed by atoms with Crippen molar-refractivity contribution >= 4 is 5.91 Å². The van der Waals surface area contributed by atoms with Crippen LogP contribution in [0.5, 0.6) is 0 Å². The zero-order valence-electron chi connectivity index (χ0n) is 13.9. The number of carbonyl (C=O) groups excluding carboxylic acids is 1. The molecule has 0 saturated heterocycles. The van der Waals surface area contributed by atoms with Gasteiger partial charge in [0.25, 0.3) is 0 Å². The third-order valence-electron chi connectivity index (χ3n) is 5.16. The van der Waals surface area contributed by atoms with Crippen molar-refractivity contribution in [2.24, 2.45) is 5.92 Å². The highest BCUT2D eigenvalue weighted by Gasteiger charge is 2.27. The Bertz CT molecular complexity index is 675. The maximum absolute atomic E-state index is 12.0. The molecule has 6 heteroatoms. The molecule has 3 heterocycles. The van der Waals surface area contributed by atoms with Gasteiger partial charge in [0.15, 0.2) is 0 Å². The number of nitrogens with one attached hydrogen (secondary N) is 1. The van der Waals surface area contributed by atoms with Crippen LogP contribution in [0.2, 0.25) is 0 Å². The molecule has 128 valence electrons. The lowest BCUT2D eigenvalue weighted by Crippen LogP contribution is -2.40. The van der Waals surface area contributed by atoms with E-state index in [4.69, 9.17) is 4.42 Å². The second-order valence-corrected chi connectivity index (χ2v) is 6.88. The normalized spacial score (nSPS) is 21.2. The fraction of sp³-hybridized carbons (Fsp3) is 0.556. The van der Waals surface area contributed by atoms with Crippen molar-refractivity contribution in [2.45, 2.75) is 44.8 Å². The quantitative estimate of drug-likeness (QED) is 0.884. The Balaban J connectivity index is 1.35. The number of furan rings is 1. The van der Waals surface area contributed by atoms with E-state index >= 15 is 0 Å². The summed E-state index contributed by atoms with van der Waals surface area (Å²) in [6, 6.07) is 6.31. The van der Waals surface area contributed by atoms with Crippen LogP contribution >= 0.6 is 0 Å². The first kappa shape index (κ1) is 15.4. The predicted molar refractivity (Wildman–Crippen MR) is 89.1 cm³/mol. The molecule has 1 saturated carbocycles. The largest absolute Gasteiger partial charge is 0.468 e. The van der Waals surface area contributed by atoms with E-state index in [0.29, 0.717) is 12.6 Å². The highest BCUT2D eigenvalue weighted by atomic mass is 16.3. The van der Waals surface area contributed by atoms with Gasteiger partial charge < -0.3 is 9.73 Å². The Kier molecular flexibility index (Phi) is 4.38. The summed E-state index contributed by atoms with van der Waals surface area (Å²) in [6.45, 7) is 3.33. The van der Waals surface area contributed by atoms with Gasteiger partial charge in [0, 0.05) is 31.7 Å². The molecule has 0 aromatic carbocycles. The number of aromatic nitrogens is 2. The molecule has 2 aliphatic rings. The maximum Gasteiger partial charge on any atom is 0.223 e. The predicted octanol–water partition coefficient (Wildman–Crippen LogP) is 2.34. The highest BCUT2D eigenvalue weighted by molar-refractivity contribution is 5.79. The van der Waals surface area contributed by atoms with E-state index in [-0.39, 0.29) is 11.8 Å². The number of amides is 1. The maximum atomic E-state index is 12.0. The molecule has 1 N–H and O–H groups in total. The average molecular weight is 328 g/mol. The number of fused-ring (bicyclic) bond motifs is 1. The third-order valence-corrected chi connectivity index (χ3v) is 5.16. The molecule has 0 bridgehead atoms. The van der Waals surface area contributed by atoms with E-state index in [1.807, 2.05) is 18.3 Å². The first-order valence-corrected chi connectivity index (χ1v) is 8.84. The molecule has 1 atom stereocenters. The van der Waals surface area contributed by atoms with Gasteiger partial charge in [0.05, 0.1) is 24.5 Å². The highest BCUT2D eigenvalue weighted by Crippen LogP contribution is 2.27. The van der Waals surface area contributed by atoms with Crippen molar-refractivity contribution in [1.29, 1.82) is 0 Å². The van der Waals surface area contributed by atoms with Crippen LogP contribution in [-0.2, 0) is 17.9 Å². The molecule has 6 nitrogen and oxygen atoms in total. The van der Waals surface area contributed by atoms with Gasteiger partial charge in [-0.15, -0.1) is 0 Å². The lowest BCUT2D eigenvalue weighted by molar-refractivity contribution is -0.127. The molecule has 1 aliphatic carbocycles. The van der Waals surface area contributed by atoms with Gasteiger partial charge >= 0.3 is 0 Å². The van der Waals surface area contributed by atoms with Crippen molar-refractivity contribution in [3.63, 3.8) is 0 Å². The fourth-order valence-corrected chi connectivity index (χ4v) is 3.60. The standard InChI is InChI=1S/C18H24N4O2/c23-18(14-3-1-4-14)19-8-6-15-11-21(13-17-5-2-10-24-17)12-16-7-9-20-22(15)16/h2,5,7,9-10,14-15H,1,3-4,6,8,11-13H2,(H,19,23). The minimum atomic E-state index is 0.227. The summed E-state index contributed by atoms with van der Waals surface area (Å²) in [7, 11) is 0. The molecule has 1 unspecified atom stereocenters. The van der Waals surface area contributed by atoms with Crippen LogP contribution in [0.1, 0.15) is 43.2 Å². The van der Waals surface area contributed by atoms with E-state index in [9.17, 15) is 4.79 Å². The molecular formula is C18H24N4O2. The number of nitrogens with zero attached hydrogens (tertiary/aromatic N) is 3. The smallest absolute Gasteiger partial charge is 0.223 e.